The molecule has 1 aromatic heterocycles. The molecular formula is C28H26N4O3S2. The molecule has 3 N–H and O–H groups in total. The molecule has 37 heavy (non-hydrogen) atoms. The van der Waals surface area contributed by atoms with E-state index >= 15 is 0 Å². The number of thiazole rings is 1. The molecule has 0 unspecified atom stereocenters. The number of hydrogen-bond acceptors (Lipinski definition) is 6. The van der Waals surface area contributed by atoms with Crippen molar-refractivity contribution in [3.63, 3.8) is 0 Å². The molecule has 4 aromatic rings. The molecule has 3 amide bonds. The second kappa shape index (κ2) is 12.8. The predicted octanol–water partition coefficient (Wildman–Crippen LogP) is 5.82. The lowest BCUT2D eigenvalue weighted by Gasteiger charge is -2.06. The SMILES string of the molecule is CC(=O)Nc1ccc(NC(=O)CSCc2csc(NC(=O)Cc3ccc(-c4ccccc4)cc3)n2)cc1. The Kier molecular flexibility index (Phi) is 9.07. The maximum atomic E-state index is 12.5. The fraction of sp³-hybridized carbons (Fsp3) is 0.143. The number of benzene rings is 3. The van der Waals surface area contributed by atoms with Gasteiger partial charge in [0.05, 0.1) is 17.9 Å². The van der Waals surface area contributed by atoms with Gasteiger partial charge in [0.15, 0.2) is 5.13 Å². The van der Waals surface area contributed by atoms with Crippen LogP contribution in [0, 0.1) is 0 Å². The molecule has 0 radical (unpaired) electrons. The van der Waals surface area contributed by atoms with Crippen LogP contribution in [0.15, 0.2) is 84.2 Å². The fourth-order valence-corrected chi connectivity index (χ4v) is 5.06. The van der Waals surface area contributed by atoms with Gasteiger partial charge in [0.1, 0.15) is 0 Å². The van der Waals surface area contributed by atoms with Crippen molar-refractivity contribution >= 4 is 57.3 Å². The van der Waals surface area contributed by atoms with E-state index in [1.807, 2.05) is 47.8 Å². The first-order valence-electron chi connectivity index (χ1n) is 11.6. The first-order chi connectivity index (χ1) is 17.9. The van der Waals surface area contributed by atoms with Crippen molar-refractivity contribution in [2.75, 3.05) is 21.7 Å². The van der Waals surface area contributed by atoms with E-state index < -0.39 is 0 Å². The molecule has 1 heterocycles. The Morgan fingerprint density at radius 2 is 1.43 bits per heavy atom. The maximum absolute atomic E-state index is 12.5. The number of anilines is 3. The van der Waals surface area contributed by atoms with Crippen molar-refractivity contribution in [2.45, 2.75) is 19.1 Å². The second-order valence-electron chi connectivity index (χ2n) is 8.23. The van der Waals surface area contributed by atoms with Crippen LogP contribution in [0.1, 0.15) is 18.2 Å². The molecule has 188 valence electrons. The topological polar surface area (TPSA) is 100 Å². The molecule has 3 aromatic carbocycles. The number of thioether (sulfide) groups is 1. The van der Waals surface area contributed by atoms with E-state index in [0.717, 1.165) is 22.4 Å². The summed E-state index contributed by atoms with van der Waals surface area (Å²) in [6, 6.07) is 25.0. The van der Waals surface area contributed by atoms with Gasteiger partial charge in [0.2, 0.25) is 17.7 Å². The summed E-state index contributed by atoms with van der Waals surface area (Å²) in [6.07, 6.45) is 0.269. The van der Waals surface area contributed by atoms with Crippen LogP contribution in [0.2, 0.25) is 0 Å². The maximum Gasteiger partial charge on any atom is 0.234 e. The molecule has 4 rings (SSSR count). The summed E-state index contributed by atoms with van der Waals surface area (Å²) in [5.41, 5.74) is 5.33. The molecule has 0 atom stereocenters. The number of carbonyl (C=O) groups excluding carboxylic acids is 3. The van der Waals surface area contributed by atoms with Crippen molar-refractivity contribution < 1.29 is 14.4 Å². The van der Waals surface area contributed by atoms with Crippen LogP contribution >= 0.6 is 23.1 Å². The molecule has 0 aliphatic heterocycles. The van der Waals surface area contributed by atoms with Gasteiger partial charge in [-0.1, -0.05) is 54.6 Å². The van der Waals surface area contributed by atoms with Crippen LogP contribution in [0.3, 0.4) is 0 Å². The Hall–Kier alpha value is -3.95. The Balaban J connectivity index is 1.18. The van der Waals surface area contributed by atoms with Gasteiger partial charge in [0, 0.05) is 29.4 Å². The second-order valence-corrected chi connectivity index (χ2v) is 10.1. The third-order valence-electron chi connectivity index (χ3n) is 5.20. The van der Waals surface area contributed by atoms with E-state index in [2.05, 4.69) is 33.1 Å². The first kappa shape index (κ1) is 26.1. The molecule has 0 fully saturated rings. The van der Waals surface area contributed by atoms with E-state index in [-0.39, 0.29) is 29.9 Å². The number of nitrogens with zero attached hydrogens (tertiary/aromatic N) is 1. The predicted molar refractivity (Wildman–Crippen MR) is 152 cm³/mol. The number of hydrogen-bond donors (Lipinski definition) is 3. The van der Waals surface area contributed by atoms with Crippen molar-refractivity contribution in [3.05, 3.63) is 95.5 Å². The minimum absolute atomic E-state index is 0.120. The zero-order valence-corrected chi connectivity index (χ0v) is 21.8. The number of amides is 3. The normalized spacial score (nSPS) is 10.5. The molecule has 9 heteroatoms. The zero-order chi connectivity index (χ0) is 26.0. The quantitative estimate of drug-likeness (QED) is 0.240. The molecule has 0 saturated heterocycles. The fourth-order valence-electron chi connectivity index (χ4n) is 3.51. The number of rotatable bonds is 10. The van der Waals surface area contributed by atoms with Gasteiger partial charge in [-0.15, -0.1) is 23.1 Å². The van der Waals surface area contributed by atoms with Crippen LogP contribution in [-0.2, 0) is 26.6 Å². The standard InChI is InChI=1S/C28H26N4O3S2/c1-19(33)29-23-11-13-24(14-12-23)30-27(35)18-36-16-25-17-37-28(31-25)32-26(34)15-20-7-9-22(10-8-20)21-5-3-2-4-6-21/h2-14,17H,15-16,18H2,1H3,(H,29,33)(H,30,35)(H,31,32,34). The summed E-state index contributed by atoms with van der Waals surface area (Å²) >= 11 is 2.81. The first-order valence-corrected chi connectivity index (χ1v) is 13.6. The summed E-state index contributed by atoms with van der Waals surface area (Å²) in [5.74, 6) is 0.435. The third-order valence-corrected chi connectivity index (χ3v) is 6.97. The smallest absolute Gasteiger partial charge is 0.234 e. The Morgan fingerprint density at radius 1 is 0.784 bits per heavy atom. The van der Waals surface area contributed by atoms with Crippen LogP contribution in [0.4, 0.5) is 16.5 Å². The Bertz CT molecular complexity index is 1350. The number of nitrogens with one attached hydrogen (secondary N) is 3. The third kappa shape index (κ3) is 8.30. The highest BCUT2D eigenvalue weighted by atomic mass is 32.2. The van der Waals surface area contributed by atoms with Gasteiger partial charge in [0.25, 0.3) is 0 Å². The van der Waals surface area contributed by atoms with E-state index in [0.29, 0.717) is 22.3 Å². The van der Waals surface area contributed by atoms with Crippen molar-refractivity contribution in [1.82, 2.24) is 4.98 Å². The lowest BCUT2D eigenvalue weighted by molar-refractivity contribution is -0.116. The molecule has 0 spiro atoms. The van der Waals surface area contributed by atoms with Crippen LogP contribution < -0.4 is 16.0 Å². The van der Waals surface area contributed by atoms with Gasteiger partial charge in [-0.05, 0) is 41.0 Å². The van der Waals surface area contributed by atoms with Gasteiger partial charge in [-0.2, -0.15) is 0 Å². The zero-order valence-electron chi connectivity index (χ0n) is 20.2. The molecule has 0 saturated carbocycles. The molecule has 0 bridgehead atoms. The van der Waals surface area contributed by atoms with Gasteiger partial charge in [-0.3, -0.25) is 14.4 Å². The van der Waals surface area contributed by atoms with E-state index in [1.165, 1.54) is 30.0 Å². The highest BCUT2D eigenvalue weighted by molar-refractivity contribution is 7.99. The van der Waals surface area contributed by atoms with Gasteiger partial charge in [-0.25, -0.2) is 4.98 Å². The number of carbonyl (C=O) groups is 3. The molecule has 0 aliphatic rings. The summed E-state index contributed by atoms with van der Waals surface area (Å²) in [6.45, 7) is 1.44. The minimum atomic E-state index is -0.147. The molecule has 0 aliphatic carbocycles. The highest BCUT2D eigenvalue weighted by Crippen LogP contribution is 2.22. The highest BCUT2D eigenvalue weighted by Gasteiger charge is 2.10. The van der Waals surface area contributed by atoms with E-state index in [9.17, 15) is 14.4 Å². The lowest BCUT2D eigenvalue weighted by atomic mass is 10.0. The average molecular weight is 531 g/mol. The van der Waals surface area contributed by atoms with Crippen LogP contribution in [0.25, 0.3) is 11.1 Å². The van der Waals surface area contributed by atoms with Crippen LogP contribution in [0.5, 0.6) is 0 Å². The average Bonchev–Trinajstić information content (AvgIpc) is 3.32. The van der Waals surface area contributed by atoms with Crippen molar-refractivity contribution in [1.29, 1.82) is 0 Å². The summed E-state index contributed by atoms with van der Waals surface area (Å²) in [5, 5.41) is 10.8. The van der Waals surface area contributed by atoms with Crippen molar-refractivity contribution in [3.8, 4) is 11.1 Å². The summed E-state index contributed by atoms with van der Waals surface area (Å²) in [7, 11) is 0. The van der Waals surface area contributed by atoms with Gasteiger partial charge < -0.3 is 16.0 Å². The summed E-state index contributed by atoms with van der Waals surface area (Å²) < 4.78 is 0. The molecular weight excluding hydrogens is 504 g/mol. The Morgan fingerprint density at radius 3 is 2.11 bits per heavy atom. The minimum Gasteiger partial charge on any atom is -0.326 e. The van der Waals surface area contributed by atoms with Gasteiger partial charge >= 0.3 is 0 Å². The summed E-state index contributed by atoms with van der Waals surface area (Å²) in [4.78, 5) is 40.2. The van der Waals surface area contributed by atoms with E-state index in [4.69, 9.17) is 0 Å². The molecule has 7 nitrogen and oxygen atoms in total. The monoisotopic (exact) mass is 530 g/mol. The lowest BCUT2D eigenvalue weighted by Crippen LogP contribution is -2.14. The van der Waals surface area contributed by atoms with Crippen LogP contribution in [-0.4, -0.2) is 28.5 Å². The Labute approximate surface area is 223 Å². The van der Waals surface area contributed by atoms with Crippen molar-refractivity contribution in [2.24, 2.45) is 0 Å². The number of aromatic nitrogens is 1. The van der Waals surface area contributed by atoms with E-state index in [1.54, 1.807) is 24.3 Å². The largest absolute Gasteiger partial charge is 0.326 e.